The fourth-order valence-corrected chi connectivity index (χ4v) is 3.31. The molecule has 1 N–H and O–H groups in total. The first-order valence-corrected chi connectivity index (χ1v) is 9.31. The zero-order valence-corrected chi connectivity index (χ0v) is 16.3. The van der Waals surface area contributed by atoms with Crippen molar-refractivity contribution in [2.45, 2.75) is 6.54 Å². The molecule has 0 atom stereocenters. The quantitative estimate of drug-likeness (QED) is 0.807. The summed E-state index contributed by atoms with van der Waals surface area (Å²) >= 11 is 0. The van der Waals surface area contributed by atoms with Gasteiger partial charge in [-0.3, -0.25) is 14.5 Å². The predicted molar refractivity (Wildman–Crippen MR) is 106 cm³/mol. The Morgan fingerprint density at radius 3 is 2.70 bits per heavy atom. The molecular weight excluding hydrogens is 344 g/mol. The molecule has 1 saturated heterocycles. The third kappa shape index (κ3) is 4.74. The molecule has 0 saturated carbocycles. The Morgan fingerprint density at radius 2 is 2.00 bits per heavy atom. The Kier molecular flexibility index (Phi) is 6.26. The molecule has 27 heavy (non-hydrogen) atoms. The molecule has 0 bridgehead atoms. The maximum Gasteiger partial charge on any atom is 0.256 e. The molecule has 2 heterocycles. The zero-order valence-electron chi connectivity index (χ0n) is 16.3. The van der Waals surface area contributed by atoms with Crippen molar-refractivity contribution in [3.63, 3.8) is 0 Å². The van der Waals surface area contributed by atoms with Crippen molar-refractivity contribution < 1.29 is 9.53 Å². The standard InChI is InChI=1S/C20H28N4O3/c1-22(2)7-6-21-20(26)17-14-23(3)18-5-4-15(12-16(18)19(17)25)13-24-8-10-27-11-9-24/h4-5,12,14H,6-11,13H2,1-3H3,(H,21,26). The third-order valence-electron chi connectivity index (χ3n) is 4.85. The second kappa shape index (κ2) is 8.65. The van der Waals surface area contributed by atoms with Gasteiger partial charge in [-0.15, -0.1) is 0 Å². The summed E-state index contributed by atoms with van der Waals surface area (Å²) in [6.45, 7) is 5.28. The SMILES string of the molecule is CN(C)CCNC(=O)c1cn(C)c2ccc(CN3CCOCC3)cc2c1=O. The van der Waals surface area contributed by atoms with E-state index in [0.29, 0.717) is 11.9 Å². The number of pyridine rings is 1. The van der Waals surface area contributed by atoms with Crippen LogP contribution < -0.4 is 10.7 Å². The maximum absolute atomic E-state index is 12.9. The minimum atomic E-state index is -0.321. The molecule has 0 unspecified atom stereocenters. The van der Waals surface area contributed by atoms with Crippen molar-refractivity contribution in [1.82, 2.24) is 19.7 Å². The molecule has 0 aliphatic carbocycles. The first-order chi connectivity index (χ1) is 13.0. The number of fused-ring (bicyclic) bond motifs is 1. The third-order valence-corrected chi connectivity index (χ3v) is 4.85. The molecule has 7 heteroatoms. The highest BCUT2D eigenvalue weighted by Crippen LogP contribution is 2.16. The van der Waals surface area contributed by atoms with E-state index in [0.717, 1.165) is 50.5 Å². The number of carbonyl (C=O) groups is 1. The summed E-state index contributed by atoms with van der Waals surface area (Å²) in [7, 11) is 5.74. The highest BCUT2D eigenvalue weighted by atomic mass is 16.5. The van der Waals surface area contributed by atoms with Crippen LogP contribution in [0.2, 0.25) is 0 Å². The number of benzene rings is 1. The summed E-state index contributed by atoms with van der Waals surface area (Å²) < 4.78 is 7.23. The minimum Gasteiger partial charge on any atom is -0.379 e. The fraction of sp³-hybridized carbons (Fsp3) is 0.500. The molecule has 1 aromatic heterocycles. The Labute approximate surface area is 159 Å². The number of hydrogen-bond donors (Lipinski definition) is 1. The fourth-order valence-electron chi connectivity index (χ4n) is 3.31. The molecule has 0 spiro atoms. The van der Waals surface area contributed by atoms with Crippen molar-refractivity contribution in [3.8, 4) is 0 Å². The van der Waals surface area contributed by atoms with E-state index in [-0.39, 0.29) is 16.9 Å². The molecule has 1 aromatic carbocycles. The van der Waals surface area contributed by atoms with Gasteiger partial charge >= 0.3 is 0 Å². The molecular formula is C20H28N4O3. The normalized spacial score (nSPS) is 15.4. The Morgan fingerprint density at radius 1 is 1.26 bits per heavy atom. The monoisotopic (exact) mass is 372 g/mol. The van der Waals surface area contributed by atoms with Gasteiger partial charge in [0.15, 0.2) is 0 Å². The van der Waals surface area contributed by atoms with Crippen molar-refractivity contribution in [1.29, 1.82) is 0 Å². The number of nitrogens with zero attached hydrogens (tertiary/aromatic N) is 3. The minimum absolute atomic E-state index is 0.187. The van der Waals surface area contributed by atoms with E-state index in [4.69, 9.17) is 4.74 Å². The maximum atomic E-state index is 12.9. The lowest BCUT2D eigenvalue weighted by molar-refractivity contribution is 0.0342. The smallest absolute Gasteiger partial charge is 0.256 e. The second-order valence-electron chi connectivity index (χ2n) is 7.28. The number of ether oxygens (including phenoxy) is 1. The topological polar surface area (TPSA) is 66.8 Å². The van der Waals surface area contributed by atoms with Gasteiger partial charge in [0.2, 0.25) is 5.43 Å². The lowest BCUT2D eigenvalue weighted by atomic mass is 10.1. The number of hydrogen-bond acceptors (Lipinski definition) is 5. The summed E-state index contributed by atoms with van der Waals surface area (Å²) in [5.74, 6) is -0.321. The first kappa shape index (κ1) is 19.5. The molecule has 0 radical (unpaired) electrons. The van der Waals surface area contributed by atoms with Gasteiger partial charge in [-0.05, 0) is 31.8 Å². The van der Waals surface area contributed by atoms with Crippen molar-refractivity contribution in [2.75, 3.05) is 53.5 Å². The first-order valence-electron chi connectivity index (χ1n) is 9.31. The Balaban J connectivity index is 1.86. The van der Waals surface area contributed by atoms with E-state index < -0.39 is 0 Å². The predicted octanol–water partition coefficient (Wildman–Crippen LogP) is 0.662. The van der Waals surface area contributed by atoms with Gasteiger partial charge in [-0.1, -0.05) is 6.07 Å². The highest BCUT2D eigenvalue weighted by Gasteiger charge is 2.16. The second-order valence-corrected chi connectivity index (χ2v) is 7.28. The van der Waals surface area contributed by atoms with Gasteiger partial charge in [-0.25, -0.2) is 0 Å². The Bertz CT molecular complexity index is 869. The molecule has 1 aliphatic heterocycles. The van der Waals surface area contributed by atoms with E-state index in [1.165, 1.54) is 0 Å². The van der Waals surface area contributed by atoms with Crippen molar-refractivity contribution in [2.24, 2.45) is 7.05 Å². The number of morpholine rings is 1. The van der Waals surface area contributed by atoms with Gasteiger partial charge in [0.05, 0.1) is 18.7 Å². The number of amides is 1. The van der Waals surface area contributed by atoms with Crippen LogP contribution in [0.3, 0.4) is 0 Å². The van der Waals surface area contributed by atoms with Crippen LogP contribution in [-0.4, -0.2) is 73.8 Å². The molecule has 3 rings (SSSR count). The number of rotatable bonds is 6. The van der Waals surface area contributed by atoms with Gasteiger partial charge < -0.3 is 19.5 Å². The summed E-state index contributed by atoms with van der Waals surface area (Å²) in [5.41, 5.74) is 1.88. The van der Waals surface area contributed by atoms with E-state index in [1.807, 2.05) is 48.8 Å². The molecule has 1 fully saturated rings. The van der Waals surface area contributed by atoms with E-state index >= 15 is 0 Å². The summed E-state index contributed by atoms with van der Waals surface area (Å²) in [6.07, 6.45) is 1.62. The van der Waals surface area contributed by atoms with Crippen LogP contribution in [0.25, 0.3) is 10.9 Å². The van der Waals surface area contributed by atoms with Crippen LogP contribution >= 0.6 is 0 Å². The lowest BCUT2D eigenvalue weighted by Crippen LogP contribution is -2.35. The Hall–Kier alpha value is -2.22. The summed E-state index contributed by atoms with van der Waals surface area (Å²) in [6, 6.07) is 5.93. The average Bonchev–Trinajstić information content (AvgIpc) is 2.65. The number of aryl methyl sites for hydroxylation is 1. The van der Waals surface area contributed by atoms with Crippen LogP contribution in [0.4, 0.5) is 0 Å². The number of aromatic nitrogens is 1. The largest absolute Gasteiger partial charge is 0.379 e. The van der Waals surface area contributed by atoms with E-state index in [9.17, 15) is 9.59 Å². The van der Waals surface area contributed by atoms with Crippen LogP contribution in [0.5, 0.6) is 0 Å². The van der Waals surface area contributed by atoms with Crippen LogP contribution in [-0.2, 0) is 18.3 Å². The average molecular weight is 372 g/mol. The highest BCUT2D eigenvalue weighted by molar-refractivity contribution is 5.97. The number of carbonyl (C=O) groups excluding carboxylic acids is 1. The van der Waals surface area contributed by atoms with E-state index in [1.54, 1.807) is 6.20 Å². The van der Waals surface area contributed by atoms with Crippen LogP contribution in [0.15, 0.2) is 29.2 Å². The summed E-state index contributed by atoms with van der Waals surface area (Å²) in [5, 5.41) is 3.41. The molecule has 7 nitrogen and oxygen atoms in total. The van der Waals surface area contributed by atoms with Crippen molar-refractivity contribution in [3.05, 3.63) is 45.7 Å². The number of nitrogens with one attached hydrogen (secondary N) is 1. The molecule has 2 aromatic rings. The van der Waals surface area contributed by atoms with Crippen LogP contribution in [0, 0.1) is 0 Å². The van der Waals surface area contributed by atoms with E-state index in [2.05, 4.69) is 10.2 Å². The lowest BCUT2D eigenvalue weighted by Gasteiger charge is -2.26. The molecule has 146 valence electrons. The van der Waals surface area contributed by atoms with Gasteiger partial charge in [0, 0.05) is 51.4 Å². The molecule has 1 amide bonds. The zero-order chi connectivity index (χ0) is 19.4. The van der Waals surface area contributed by atoms with Gasteiger partial charge in [0.1, 0.15) is 5.56 Å². The van der Waals surface area contributed by atoms with Gasteiger partial charge in [-0.2, -0.15) is 0 Å². The van der Waals surface area contributed by atoms with Crippen molar-refractivity contribution >= 4 is 16.8 Å². The number of likely N-dealkylation sites (N-methyl/N-ethyl adjacent to an activating group) is 1. The summed E-state index contributed by atoms with van der Waals surface area (Å²) in [4.78, 5) is 29.7. The van der Waals surface area contributed by atoms with Gasteiger partial charge in [0.25, 0.3) is 5.91 Å². The molecule has 1 aliphatic rings. The van der Waals surface area contributed by atoms with Crippen LogP contribution in [0.1, 0.15) is 15.9 Å².